The Kier molecular flexibility index (Phi) is 7.88. The molecule has 7 heteroatoms. The Hall–Kier alpha value is -2.80. The number of nitrogens with zero attached hydrogens (tertiary/aromatic N) is 1. The van der Waals surface area contributed by atoms with Gasteiger partial charge in [-0.15, -0.1) is 11.8 Å². The summed E-state index contributed by atoms with van der Waals surface area (Å²) in [5.74, 6) is -0.497. The monoisotopic (exact) mass is 387 g/mol. The van der Waals surface area contributed by atoms with Gasteiger partial charge in [0.2, 0.25) is 0 Å². The predicted octanol–water partition coefficient (Wildman–Crippen LogP) is 2.80. The van der Waals surface area contributed by atoms with Gasteiger partial charge in [0.1, 0.15) is 12.0 Å². The van der Waals surface area contributed by atoms with Crippen molar-refractivity contribution in [2.45, 2.75) is 11.4 Å². The molecule has 0 aliphatic heterocycles. The molecule has 0 unspecified atom stereocenters. The van der Waals surface area contributed by atoms with Gasteiger partial charge < -0.3 is 14.4 Å². The van der Waals surface area contributed by atoms with Gasteiger partial charge in [-0.2, -0.15) is 0 Å². The average molecular weight is 387 g/mol. The van der Waals surface area contributed by atoms with E-state index in [-0.39, 0.29) is 19.1 Å². The highest BCUT2D eigenvalue weighted by Gasteiger charge is 2.13. The highest BCUT2D eigenvalue weighted by molar-refractivity contribution is 7.98. The second-order valence-electron chi connectivity index (χ2n) is 5.73. The van der Waals surface area contributed by atoms with E-state index in [2.05, 4.69) is 0 Å². The largest absolute Gasteiger partial charge is 0.482 e. The zero-order chi connectivity index (χ0) is 19.6. The molecule has 0 aromatic heterocycles. The summed E-state index contributed by atoms with van der Waals surface area (Å²) in [7, 11) is 1.66. The first-order chi connectivity index (χ1) is 13.0. The molecule has 27 heavy (non-hydrogen) atoms. The van der Waals surface area contributed by atoms with E-state index in [1.165, 1.54) is 4.90 Å². The van der Waals surface area contributed by atoms with Crippen LogP contribution < -0.4 is 4.74 Å². The first kappa shape index (κ1) is 20.5. The van der Waals surface area contributed by atoms with Crippen molar-refractivity contribution in [3.8, 4) is 5.75 Å². The third-order valence-electron chi connectivity index (χ3n) is 3.73. The first-order valence-corrected chi connectivity index (χ1v) is 9.45. The van der Waals surface area contributed by atoms with Crippen molar-refractivity contribution < 1.29 is 23.9 Å². The summed E-state index contributed by atoms with van der Waals surface area (Å²) >= 11 is 1.65. The zero-order valence-electron chi connectivity index (χ0n) is 15.2. The van der Waals surface area contributed by atoms with Crippen molar-refractivity contribution >= 4 is 29.9 Å². The smallest absolute Gasteiger partial charge is 0.344 e. The van der Waals surface area contributed by atoms with Crippen LogP contribution in [0.3, 0.4) is 0 Å². The molecule has 2 aromatic carbocycles. The molecule has 0 spiro atoms. The third kappa shape index (κ3) is 6.79. The Balaban J connectivity index is 1.72. The van der Waals surface area contributed by atoms with Gasteiger partial charge in [-0.05, 0) is 48.2 Å². The highest BCUT2D eigenvalue weighted by Crippen LogP contribution is 2.15. The predicted molar refractivity (Wildman–Crippen MR) is 103 cm³/mol. The van der Waals surface area contributed by atoms with E-state index < -0.39 is 5.97 Å². The summed E-state index contributed by atoms with van der Waals surface area (Å²) in [6.07, 6.45) is 2.72. The molecule has 0 atom stereocenters. The number of hydrogen-bond donors (Lipinski definition) is 0. The number of amides is 1. The van der Waals surface area contributed by atoms with Crippen LogP contribution in [0.1, 0.15) is 15.9 Å². The minimum absolute atomic E-state index is 0.298. The van der Waals surface area contributed by atoms with E-state index >= 15 is 0 Å². The van der Waals surface area contributed by atoms with E-state index in [9.17, 15) is 14.4 Å². The molecule has 0 N–H and O–H groups in total. The molecule has 0 aliphatic rings. The van der Waals surface area contributed by atoms with Crippen LogP contribution in [-0.4, -0.2) is 49.6 Å². The number of aldehydes is 1. The molecule has 2 rings (SSSR count). The number of ether oxygens (including phenoxy) is 2. The average Bonchev–Trinajstić information content (AvgIpc) is 2.71. The number of esters is 1. The van der Waals surface area contributed by atoms with E-state index in [4.69, 9.17) is 9.47 Å². The van der Waals surface area contributed by atoms with Gasteiger partial charge in [0.05, 0.1) is 0 Å². The van der Waals surface area contributed by atoms with Crippen LogP contribution in [0.4, 0.5) is 0 Å². The number of carbonyl (C=O) groups excluding carboxylic acids is 3. The quantitative estimate of drug-likeness (QED) is 0.374. The number of hydrogen-bond acceptors (Lipinski definition) is 6. The summed E-state index contributed by atoms with van der Waals surface area (Å²) in [5.41, 5.74) is 1.51. The second kappa shape index (κ2) is 10.4. The molecule has 0 saturated carbocycles. The Labute approximate surface area is 162 Å². The number of benzene rings is 2. The normalized spacial score (nSPS) is 10.1. The fraction of sp³-hybridized carbons (Fsp3) is 0.250. The molecule has 0 bridgehead atoms. The number of likely N-dealkylation sites (N-methyl/N-ethyl adjacent to an activating group) is 1. The lowest BCUT2D eigenvalue weighted by Crippen LogP contribution is -2.31. The Morgan fingerprint density at radius 3 is 2.30 bits per heavy atom. The van der Waals surface area contributed by atoms with E-state index in [1.807, 2.05) is 30.5 Å². The molecule has 1 amide bonds. The van der Waals surface area contributed by atoms with Crippen molar-refractivity contribution in [1.82, 2.24) is 4.90 Å². The summed E-state index contributed by atoms with van der Waals surface area (Å²) in [6, 6.07) is 14.2. The highest BCUT2D eigenvalue weighted by atomic mass is 32.2. The van der Waals surface area contributed by atoms with Crippen molar-refractivity contribution in [1.29, 1.82) is 0 Å². The molecular weight excluding hydrogens is 366 g/mol. The van der Waals surface area contributed by atoms with Crippen molar-refractivity contribution in [3.63, 3.8) is 0 Å². The van der Waals surface area contributed by atoms with Gasteiger partial charge >= 0.3 is 5.97 Å². The van der Waals surface area contributed by atoms with E-state index in [1.54, 1.807) is 43.1 Å². The minimum atomic E-state index is -0.638. The standard InChI is InChI=1S/C20H21NO5S/c1-21(11-15-5-9-18(27-2)10-6-15)19(23)13-26-20(24)14-25-17-7-3-16(12-22)4-8-17/h3-10,12H,11,13-14H2,1-2H3. The Bertz CT molecular complexity index is 774. The van der Waals surface area contributed by atoms with Crippen LogP contribution in [0.2, 0.25) is 0 Å². The van der Waals surface area contributed by atoms with Crippen LogP contribution >= 0.6 is 11.8 Å². The molecule has 0 fully saturated rings. The minimum Gasteiger partial charge on any atom is -0.482 e. The summed E-state index contributed by atoms with van der Waals surface area (Å²) in [6.45, 7) is -0.218. The molecule has 0 heterocycles. The maximum absolute atomic E-state index is 12.1. The number of thioether (sulfide) groups is 1. The molecule has 6 nitrogen and oxygen atoms in total. The number of carbonyl (C=O) groups is 3. The molecule has 0 aliphatic carbocycles. The molecule has 2 aromatic rings. The van der Waals surface area contributed by atoms with E-state index in [0.717, 1.165) is 16.7 Å². The molecule has 142 valence electrons. The maximum atomic E-state index is 12.1. The third-order valence-corrected chi connectivity index (χ3v) is 4.48. The fourth-order valence-corrected chi connectivity index (χ4v) is 2.58. The topological polar surface area (TPSA) is 72.9 Å². The van der Waals surface area contributed by atoms with Crippen LogP contribution in [0, 0.1) is 0 Å². The van der Waals surface area contributed by atoms with Gasteiger partial charge in [-0.1, -0.05) is 12.1 Å². The van der Waals surface area contributed by atoms with E-state index in [0.29, 0.717) is 17.9 Å². The lowest BCUT2D eigenvalue weighted by Gasteiger charge is -2.17. The molecular formula is C20H21NO5S. The van der Waals surface area contributed by atoms with Crippen LogP contribution in [-0.2, 0) is 20.9 Å². The van der Waals surface area contributed by atoms with Gasteiger partial charge in [-0.3, -0.25) is 9.59 Å². The van der Waals surface area contributed by atoms with Gasteiger partial charge in [0.25, 0.3) is 5.91 Å². The van der Waals surface area contributed by atoms with Gasteiger partial charge in [0.15, 0.2) is 13.2 Å². The lowest BCUT2D eigenvalue weighted by atomic mass is 10.2. The van der Waals surface area contributed by atoms with Crippen molar-refractivity contribution in [2.75, 3.05) is 26.5 Å². The molecule has 0 radical (unpaired) electrons. The fourth-order valence-electron chi connectivity index (χ4n) is 2.17. The van der Waals surface area contributed by atoms with Gasteiger partial charge in [0, 0.05) is 24.1 Å². The van der Waals surface area contributed by atoms with Gasteiger partial charge in [-0.25, -0.2) is 4.79 Å². The molecule has 0 saturated heterocycles. The summed E-state index contributed by atoms with van der Waals surface area (Å²) in [5, 5.41) is 0. The Morgan fingerprint density at radius 2 is 1.70 bits per heavy atom. The SMILES string of the molecule is CSc1ccc(CN(C)C(=O)COC(=O)COc2ccc(C=O)cc2)cc1. The van der Waals surface area contributed by atoms with Crippen LogP contribution in [0.15, 0.2) is 53.4 Å². The number of rotatable bonds is 9. The van der Waals surface area contributed by atoms with Crippen molar-refractivity contribution in [2.24, 2.45) is 0 Å². The first-order valence-electron chi connectivity index (χ1n) is 8.22. The second-order valence-corrected chi connectivity index (χ2v) is 6.61. The van der Waals surface area contributed by atoms with Crippen LogP contribution in [0.25, 0.3) is 0 Å². The Morgan fingerprint density at radius 1 is 1.04 bits per heavy atom. The zero-order valence-corrected chi connectivity index (χ0v) is 16.0. The summed E-state index contributed by atoms with van der Waals surface area (Å²) < 4.78 is 10.2. The lowest BCUT2D eigenvalue weighted by molar-refractivity contribution is -0.153. The summed E-state index contributed by atoms with van der Waals surface area (Å²) in [4.78, 5) is 37.0. The maximum Gasteiger partial charge on any atom is 0.344 e. The van der Waals surface area contributed by atoms with Crippen LogP contribution in [0.5, 0.6) is 5.75 Å². The van der Waals surface area contributed by atoms with Crippen molar-refractivity contribution in [3.05, 3.63) is 59.7 Å².